The molecule has 3 aliphatic rings. The zero-order valence-electron chi connectivity index (χ0n) is 12.4. The molecule has 0 amide bonds. The highest BCUT2D eigenvalue weighted by Gasteiger charge is 2.55. The molecular weight excluding hydrogens is 220 g/mol. The van der Waals surface area contributed by atoms with E-state index in [0.29, 0.717) is 16.7 Å². The van der Waals surface area contributed by atoms with Crippen molar-refractivity contribution in [1.29, 1.82) is 0 Å². The normalized spacial score (nSPS) is 51.3. The maximum atomic E-state index is 10.3. The molecule has 0 saturated heterocycles. The van der Waals surface area contributed by atoms with E-state index in [-0.39, 0.29) is 6.10 Å². The van der Waals surface area contributed by atoms with Crippen LogP contribution >= 0.6 is 0 Å². The second-order valence-electron chi connectivity index (χ2n) is 8.25. The van der Waals surface area contributed by atoms with Crippen LogP contribution in [0.4, 0.5) is 0 Å². The molecule has 0 aromatic carbocycles. The van der Waals surface area contributed by atoms with E-state index in [0.717, 1.165) is 18.3 Å². The first kappa shape index (κ1) is 13.0. The molecule has 104 valence electrons. The van der Waals surface area contributed by atoms with E-state index in [2.05, 4.69) is 20.8 Å². The van der Waals surface area contributed by atoms with Gasteiger partial charge in [-0.3, -0.25) is 0 Å². The Morgan fingerprint density at radius 3 is 2.44 bits per heavy atom. The van der Waals surface area contributed by atoms with Gasteiger partial charge in [0, 0.05) is 0 Å². The van der Waals surface area contributed by atoms with Crippen LogP contribution in [0.2, 0.25) is 0 Å². The predicted molar refractivity (Wildman–Crippen MR) is 75.3 cm³/mol. The zero-order valence-corrected chi connectivity index (χ0v) is 12.4. The third-order valence-electron chi connectivity index (χ3n) is 6.94. The van der Waals surface area contributed by atoms with Crippen molar-refractivity contribution < 1.29 is 5.11 Å². The molecule has 0 aromatic heterocycles. The van der Waals surface area contributed by atoms with Gasteiger partial charge in [-0.15, -0.1) is 0 Å². The van der Waals surface area contributed by atoms with Crippen molar-refractivity contribution in [3.8, 4) is 0 Å². The molecule has 0 aromatic rings. The number of hydrogen-bond donors (Lipinski definition) is 1. The lowest BCUT2D eigenvalue weighted by Gasteiger charge is -2.61. The fourth-order valence-electron chi connectivity index (χ4n) is 6.14. The quantitative estimate of drug-likeness (QED) is 0.676. The maximum absolute atomic E-state index is 10.3. The van der Waals surface area contributed by atoms with Crippen molar-refractivity contribution in [2.24, 2.45) is 28.6 Å². The van der Waals surface area contributed by atoms with Crippen LogP contribution in [0.1, 0.15) is 72.1 Å². The lowest BCUT2D eigenvalue weighted by Crippen LogP contribution is -2.54. The summed E-state index contributed by atoms with van der Waals surface area (Å²) in [5.41, 5.74) is 1.05. The molecule has 0 spiro atoms. The van der Waals surface area contributed by atoms with Gasteiger partial charge in [0.05, 0.1) is 6.10 Å². The van der Waals surface area contributed by atoms with Crippen LogP contribution < -0.4 is 0 Å². The first-order valence-electron chi connectivity index (χ1n) is 8.13. The van der Waals surface area contributed by atoms with E-state index < -0.39 is 0 Å². The summed E-state index contributed by atoms with van der Waals surface area (Å²) in [7, 11) is 0. The van der Waals surface area contributed by atoms with Gasteiger partial charge in [-0.1, -0.05) is 33.6 Å². The number of aliphatic hydroxyl groups is 1. The molecule has 0 radical (unpaired) electrons. The van der Waals surface area contributed by atoms with Crippen LogP contribution in [0, 0.1) is 28.6 Å². The van der Waals surface area contributed by atoms with Gasteiger partial charge in [0.15, 0.2) is 0 Å². The minimum Gasteiger partial charge on any atom is -0.393 e. The zero-order chi connectivity index (χ0) is 13.0. The van der Waals surface area contributed by atoms with Gasteiger partial charge in [-0.25, -0.2) is 0 Å². The molecule has 18 heavy (non-hydrogen) atoms. The molecule has 5 atom stereocenters. The summed E-state index contributed by atoms with van der Waals surface area (Å²) >= 11 is 0. The lowest BCUT2D eigenvalue weighted by molar-refractivity contribution is -0.137. The van der Waals surface area contributed by atoms with Crippen molar-refractivity contribution >= 4 is 0 Å². The monoisotopic (exact) mass is 250 g/mol. The SMILES string of the molecule is CC1(C)CCC[C@]2(C)[C@H]3CCC[C@@H](O)[C@@H]3CC[C@@H]12. The fourth-order valence-corrected chi connectivity index (χ4v) is 6.14. The standard InChI is InChI=1S/C17H30O/c1-16(2)10-5-11-17(3)13-6-4-7-14(18)12(13)8-9-15(16)17/h12-15,18H,4-11H2,1-3H3/t12-,13+,14-,15+,17-/m1/s1. The molecule has 1 heteroatoms. The van der Waals surface area contributed by atoms with E-state index in [9.17, 15) is 5.11 Å². The molecule has 0 aliphatic heterocycles. The van der Waals surface area contributed by atoms with Crippen LogP contribution in [0.5, 0.6) is 0 Å². The molecule has 0 bridgehead atoms. The molecule has 0 unspecified atom stereocenters. The molecule has 1 nitrogen and oxygen atoms in total. The predicted octanol–water partition coefficient (Wildman–Crippen LogP) is 4.39. The summed E-state index contributed by atoms with van der Waals surface area (Å²) in [6.07, 6.45) is 10.6. The Labute approximate surface area is 112 Å². The Hall–Kier alpha value is -0.0400. The number of aliphatic hydroxyl groups excluding tert-OH is 1. The van der Waals surface area contributed by atoms with Gasteiger partial charge in [0.25, 0.3) is 0 Å². The third kappa shape index (κ3) is 1.77. The fraction of sp³-hybridized carbons (Fsp3) is 1.00. The average Bonchev–Trinajstić information content (AvgIpc) is 2.29. The Morgan fingerprint density at radius 2 is 1.67 bits per heavy atom. The van der Waals surface area contributed by atoms with Crippen LogP contribution in [0.15, 0.2) is 0 Å². The molecule has 3 rings (SSSR count). The van der Waals surface area contributed by atoms with Gasteiger partial charge in [-0.2, -0.15) is 0 Å². The summed E-state index contributed by atoms with van der Waals surface area (Å²) < 4.78 is 0. The highest BCUT2D eigenvalue weighted by molar-refractivity contribution is 5.05. The Kier molecular flexibility index (Phi) is 3.05. The van der Waals surface area contributed by atoms with Crippen LogP contribution in [-0.4, -0.2) is 11.2 Å². The third-order valence-corrected chi connectivity index (χ3v) is 6.94. The highest BCUT2D eigenvalue weighted by atomic mass is 16.3. The summed E-state index contributed by atoms with van der Waals surface area (Å²) in [4.78, 5) is 0. The van der Waals surface area contributed by atoms with Gasteiger partial charge >= 0.3 is 0 Å². The highest BCUT2D eigenvalue weighted by Crippen LogP contribution is 2.63. The summed E-state index contributed by atoms with van der Waals surface area (Å²) in [6, 6.07) is 0. The summed E-state index contributed by atoms with van der Waals surface area (Å²) in [5, 5.41) is 10.3. The summed E-state index contributed by atoms with van der Waals surface area (Å²) in [6.45, 7) is 7.55. The van der Waals surface area contributed by atoms with Gasteiger partial charge < -0.3 is 5.11 Å². The molecular formula is C17H30O. The van der Waals surface area contributed by atoms with Crippen molar-refractivity contribution in [3.63, 3.8) is 0 Å². The maximum Gasteiger partial charge on any atom is 0.0571 e. The number of hydrogen-bond acceptors (Lipinski definition) is 1. The van der Waals surface area contributed by atoms with Crippen molar-refractivity contribution in [2.75, 3.05) is 0 Å². The molecule has 0 heterocycles. The topological polar surface area (TPSA) is 20.2 Å². The van der Waals surface area contributed by atoms with Gasteiger partial charge in [0.1, 0.15) is 0 Å². The first-order chi connectivity index (χ1) is 8.45. The molecule has 3 fully saturated rings. The van der Waals surface area contributed by atoms with Crippen molar-refractivity contribution in [2.45, 2.75) is 78.2 Å². The van der Waals surface area contributed by atoms with Crippen molar-refractivity contribution in [3.05, 3.63) is 0 Å². The van der Waals surface area contributed by atoms with Crippen LogP contribution in [0.3, 0.4) is 0 Å². The van der Waals surface area contributed by atoms with Crippen LogP contribution in [0.25, 0.3) is 0 Å². The summed E-state index contributed by atoms with van der Waals surface area (Å²) in [5.74, 6) is 2.32. The van der Waals surface area contributed by atoms with E-state index in [1.807, 2.05) is 0 Å². The minimum atomic E-state index is 0.00608. The number of fused-ring (bicyclic) bond motifs is 3. The van der Waals surface area contributed by atoms with E-state index in [1.54, 1.807) is 0 Å². The lowest BCUT2D eigenvalue weighted by atomic mass is 9.44. The molecule has 3 saturated carbocycles. The van der Waals surface area contributed by atoms with E-state index in [1.165, 1.54) is 44.9 Å². The van der Waals surface area contributed by atoms with Gasteiger partial charge in [0.2, 0.25) is 0 Å². The van der Waals surface area contributed by atoms with Gasteiger partial charge in [-0.05, 0) is 67.1 Å². The molecule has 3 aliphatic carbocycles. The second-order valence-corrected chi connectivity index (χ2v) is 8.25. The Balaban J connectivity index is 1.92. The number of rotatable bonds is 0. The Morgan fingerprint density at radius 1 is 0.889 bits per heavy atom. The minimum absolute atomic E-state index is 0.00608. The van der Waals surface area contributed by atoms with E-state index in [4.69, 9.17) is 0 Å². The Bertz CT molecular complexity index is 322. The van der Waals surface area contributed by atoms with E-state index >= 15 is 0 Å². The largest absolute Gasteiger partial charge is 0.393 e. The second kappa shape index (κ2) is 4.23. The van der Waals surface area contributed by atoms with Crippen LogP contribution in [-0.2, 0) is 0 Å². The average molecular weight is 250 g/mol. The first-order valence-corrected chi connectivity index (χ1v) is 8.13. The van der Waals surface area contributed by atoms with Crippen molar-refractivity contribution in [1.82, 2.24) is 0 Å². The smallest absolute Gasteiger partial charge is 0.0571 e. The molecule has 1 N–H and O–H groups in total.